The Hall–Kier alpha value is -1.63. The first-order chi connectivity index (χ1) is 9.45. The minimum Gasteiger partial charge on any atom is -0.481 e. The SMILES string of the molecule is O=C(Nc1ccc(Br)c(F)c1)N[C@H]1CC[C@@H](C(=O)O)C1. The molecular formula is C13H14BrFN2O3. The molecule has 0 heterocycles. The van der Waals surface area contributed by atoms with Gasteiger partial charge in [0.1, 0.15) is 5.82 Å². The minimum atomic E-state index is -0.829. The van der Waals surface area contributed by atoms with E-state index in [1.165, 1.54) is 12.1 Å². The van der Waals surface area contributed by atoms with Crippen LogP contribution in [0.25, 0.3) is 0 Å². The van der Waals surface area contributed by atoms with E-state index in [-0.39, 0.29) is 6.04 Å². The lowest BCUT2D eigenvalue weighted by Crippen LogP contribution is -2.36. The van der Waals surface area contributed by atoms with Gasteiger partial charge in [-0.3, -0.25) is 4.79 Å². The van der Waals surface area contributed by atoms with Crippen molar-refractivity contribution in [1.82, 2.24) is 5.32 Å². The van der Waals surface area contributed by atoms with E-state index >= 15 is 0 Å². The van der Waals surface area contributed by atoms with Crippen molar-refractivity contribution in [2.75, 3.05) is 5.32 Å². The molecule has 0 bridgehead atoms. The summed E-state index contributed by atoms with van der Waals surface area (Å²) in [7, 11) is 0. The molecule has 2 rings (SSSR count). The van der Waals surface area contributed by atoms with Crippen LogP contribution in [0.3, 0.4) is 0 Å². The quantitative estimate of drug-likeness (QED) is 0.788. The number of rotatable bonds is 3. The minimum absolute atomic E-state index is 0.156. The number of halogens is 2. The summed E-state index contributed by atoms with van der Waals surface area (Å²) in [6.07, 6.45) is 1.63. The number of aliphatic carboxylic acids is 1. The lowest BCUT2D eigenvalue weighted by atomic mass is 10.1. The van der Waals surface area contributed by atoms with Gasteiger partial charge in [0.05, 0.1) is 10.4 Å². The molecule has 7 heteroatoms. The molecule has 0 aromatic heterocycles. The summed E-state index contributed by atoms with van der Waals surface area (Å²) in [4.78, 5) is 22.6. The molecule has 0 saturated heterocycles. The summed E-state index contributed by atoms with van der Waals surface area (Å²) < 4.78 is 13.6. The van der Waals surface area contributed by atoms with Crippen molar-refractivity contribution in [2.24, 2.45) is 5.92 Å². The molecule has 108 valence electrons. The van der Waals surface area contributed by atoms with Crippen molar-refractivity contribution in [2.45, 2.75) is 25.3 Å². The van der Waals surface area contributed by atoms with Crippen molar-refractivity contribution in [3.05, 3.63) is 28.5 Å². The molecule has 0 aliphatic heterocycles. The number of amides is 2. The molecule has 2 amide bonds. The van der Waals surface area contributed by atoms with Gasteiger partial charge in [-0.05, 0) is 53.4 Å². The van der Waals surface area contributed by atoms with Crippen LogP contribution in [0.4, 0.5) is 14.9 Å². The molecule has 1 aromatic rings. The van der Waals surface area contributed by atoms with Crippen LogP contribution in [0.5, 0.6) is 0 Å². The highest BCUT2D eigenvalue weighted by molar-refractivity contribution is 9.10. The Morgan fingerprint density at radius 2 is 2.10 bits per heavy atom. The summed E-state index contributed by atoms with van der Waals surface area (Å²) >= 11 is 3.03. The van der Waals surface area contributed by atoms with E-state index in [4.69, 9.17) is 5.11 Å². The first-order valence-corrected chi connectivity index (χ1v) is 7.00. The van der Waals surface area contributed by atoms with E-state index in [9.17, 15) is 14.0 Å². The van der Waals surface area contributed by atoms with Gasteiger partial charge in [0.15, 0.2) is 0 Å². The highest BCUT2D eigenvalue weighted by Crippen LogP contribution is 2.25. The molecule has 1 aliphatic carbocycles. The van der Waals surface area contributed by atoms with Crippen molar-refractivity contribution >= 4 is 33.6 Å². The fourth-order valence-corrected chi connectivity index (χ4v) is 2.51. The molecular weight excluding hydrogens is 331 g/mol. The predicted octanol–water partition coefficient (Wildman–Crippen LogP) is 2.96. The Labute approximate surface area is 123 Å². The first kappa shape index (κ1) is 14.8. The average molecular weight is 345 g/mol. The Morgan fingerprint density at radius 3 is 2.70 bits per heavy atom. The van der Waals surface area contributed by atoms with Crippen molar-refractivity contribution < 1.29 is 19.1 Å². The maximum absolute atomic E-state index is 13.3. The number of benzene rings is 1. The van der Waals surface area contributed by atoms with E-state index in [0.29, 0.717) is 29.4 Å². The second-order valence-corrected chi connectivity index (χ2v) is 5.63. The molecule has 20 heavy (non-hydrogen) atoms. The molecule has 0 spiro atoms. The van der Waals surface area contributed by atoms with Gasteiger partial charge in [-0.25, -0.2) is 9.18 Å². The van der Waals surface area contributed by atoms with E-state index in [0.717, 1.165) is 0 Å². The van der Waals surface area contributed by atoms with Gasteiger partial charge < -0.3 is 15.7 Å². The van der Waals surface area contributed by atoms with Crippen LogP contribution in [0.2, 0.25) is 0 Å². The van der Waals surface area contributed by atoms with Gasteiger partial charge in [0.2, 0.25) is 0 Å². The molecule has 2 atom stereocenters. The molecule has 5 nitrogen and oxygen atoms in total. The van der Waals surface area contributed by atoms with Crippen LogP contribution in [0, 0.1) is 11.7 Å². The second-order valence-electron chi connectivity index (χ2n) is 4.77. The third-order valence-electron chi connectivity index (χ3n) is 3.29. The molecule has 1 fully saturated rings. The normalized spacial score (nSPS) is 21.5. The number of carboxylic acid groups (broad SMARTS) is 1. The maximum atomic E-state index is 13.3. The van der Waals surface area contributed by atoms with Crippen molar-refractivity contribution in [1.29, 1.82) is 0 Å². The zero-order chi connectivity index (χ0) is 14.7. The van der Waals surface area contributed by atoms with Gasteiger partial charge >= 0.3 is 12.0 Å². The van der Waals surface area contributed by atoms with Crippen LogP contribution in [0.15, 0.2) is 22.7 Å². The number of anilines is 1. The van der Waals surface area contributed by atoms with E-state index in [1.807, 2.05) is 0 Å². The third kappa shape index (κ3) is 3.69. The van der Waals surface area contributed by atoms with Gasteiger partial charge in [-0.2, -0.15) is 0 Å². The number of carbonyl (C=O) groups excluding carboxylic acids is 1. The smallest absolute Gasteiger partial charge is 0.319 e. The summed E-state index contributed by atoms with van der Waals surface area (Å²) in [5.41, 5.74) is 0.344. The summed E-state index contributed by atoms with van der Waals surface area (Å²) in [6.45, 7) is 0. The van der Waals surface area contributed by atoms with Gasteiger partial charge in [-0.1, -0.05) is 0 Å². The lowest BCUT2D eigenvalue weighted by Gasteiger charge is -2.13. The highest BCUT2D eigenvalue weighted by atomic mass is 79.9. The number of carboxylic acids is 1. The third-order valence-corrected chi connectivity index (χ3v) is 3.94. The van der Waals surface area contributed by atoms with Gasteiger partial charge in [0, 0.05) is 11.7 Å². The molecule has 1 aliphatic rings. The predicted molar refractivity (Wildman–Crippen MR) is 75.0 cm³/mol. The average Bonchev–Trinajstić information content (AvgIpc) is 2.82. The Bertz CT molecular complexity index is 538. The monoisotopic (exact) mass is 344 g/mol. The highest BCUT2D eigenvalue weighted by Gasteiger charge is 2.30. The molecule has 0 radical (unpaired) electrons. The van der Waals surface area contributed by atoms with Crippen LogP contribution in [0.1, 0.15) is 19.3 Å². The fourth-order valence-electron chi connectivity index (χ4n) is 2.26. The van der Waals surface area contributed by atoms with E-state index in [1.54, 1.807) is 6.07 Å². The number of urea groups is 1. The van der Waals surface area contributed by atoms with Crippen LogP contribution >= 0.6 is 15.9 Å². The standard InChI is InChI=1S/C13H14BrFN2O3/c14-10-4-3-9(6-11(10)15)17-13(20)16-8-2-1-7(5-8)12(18)19/h3-4,6-8H,1-2,5H2,(H,18,19)(H2,16,17,20)/t7-,8+/m1/s1. The topological polar surface area (TPSA) is 78.4 Å². The first-order valence-electron chi connectivity index (χ1n) is 6.21. The number of carbonyl (C=O) groups is 2. The number of hydrogen-bond donors (Lipinski definition) is 3. The summed E-state index contributed by atoms with van der Waals surface area (Å²) in [5, 5.41) is 14.1. The maximum Gasteiger partial charge on any atom is 0.319 e. The second kappa shape index (κ2) is 6.21. The number of hydrogen-bond acceptors (Lipinski definition) is 2. The van der Waals surface area contributed by atoms with E-state index in [2.05, 4.69) is 26.6 Å². The summed E-state index contributed by atoms with van der Waals surface area (Å²) in [6, 6.07) is 3.67. The van der Waals surface area contributed by atoms with Crippen molar-refractivity contribution in [3.63, 3.8) is 0 Å². The van der Waals surface area contributed by atoms with Crippen LogP contribution < -0.4 is 10.6 Å². The molecule has 1 aromatic carbocycles. The largest absolute Gasteiger partial charge is 0.481 e. The van der Waals surface area contributed by atoms with Crippen LogP contribution in [-0.2, 0) is 4.79 Å². The molecule has 1 saturated carbocycles. The Balaban J connectivity index is 1.87. The van der Waals surface area contributed by atoms with Crippen LogP contribution in [-0.4, -0.2) is 23.1 Å². The number of nitrogens with one attached hydrogen (secondary N) is 2. The Morgan fingerprint density at radius 1 is 1.35 bits per heavy atom. The zero-order valence-electron chi connectivity index (χ0n) is 10.5. The zero-order valence-corrected chi connectivity index (χ0v) is 12.1. The lowest BCUT2D eigenvalue weighted by molar-refractivity contribution is -0.141. The molecule has 0 unspecified atom stereocenters. The van der Waals surface area contributed by atoms with Gasteiger partial charge in [-0.15, -0.1) is 0 Å². The fraction of sp³-hybridized carbons (Fsp3) is 0.385. The molecule has 3 N–H and O–H groups in total. The van der Waals surface area contributed by atoms with Gasteiger partial charge in [0.25, 0.3) is 0 Å². The van der Waals surface area contributed by atoms with E-state index < -0.39 is 23.7 Å². The summed E-state index contributed by atoms with van der Waals surface area (Å²) in [5.74, 6) is -1.69. The van der Waals surface area contributed by atoms with Crippen molar-refractivity contribution in [3.8, 4) is 0 Å². The Kier molecular flexibility index (Phi) is 4.59.